The molecule has 2 heterocycles. The molecule has 32 heavy (non-hydrogen) atoms. The minimum Gasteiger partial charge on any atom is -0.379 e. The van der Waals surface area contributed by atoms with Gasteiger partial charge in [0.2, 0.25) is 5.91 Å². The Balaban J connectivity index is 1.67. The molecule has 1 fully saturated rings. The predicted molar refractivity (Wildman–Crippen MR) is 122 cm³/mol. The Morgan fingerprint density at radius 2 is 1.66 bits per heavy atom. The van der Waals surface area contributed by atoms with Crippen LogP contribution in [0.5, 0.6) is 0 Å². The zero-order chi connectivity index (χ0) is 23.3. The molecule has 1 saturated heterocycles. The van der Waals surface area contributed by atoms with Gasteiger partial charge in [0.1, 0.15) is 0 Å². The number of anilines is 3. The number of aromatic nitrogens is 2. The molecule has 4 N–H and O–H groups in total. The molecule has 3 rings (SSSR count). The van der Waals surface area contributed by atoms with Gasteiger partial charge in [-0.2, -0.15) is 0 Å². The Kier molecular flexibility index (Phi) is 7.04. The molecular formula is C22H27N7O3. The molecule has 0 aliphatic carbocycles. The van der Waals surface area contributed by atoms with Crippen LogP contribution in [0.15, 0.2) is 42.5 Å². The maximum Gasteiger partial charge on any atom is 0.271 e. The molecule has 0 saturated carbocycles. The molecule has 1 aromatic heterocycles. The lowest BCUT2D eigenvalue weighted by Gasteiger charge is -2.34. The van der Waals surface area contributed by atoms with Gasteiger partial charge in [-0.25, -0.2) is 0 Å². The zero-order valence-corrected chi connectivity index (χ0v) is 18.2. The Labute approximate surface area is 186 Å². The van der Waals surface area contributed by atoms with E-state index < -0.39 is 5.91 Å². The number of carbonyl (C=O) groups excluding carboxylic acids is 3. The topological polar surface area (TPSA) is 134 Å². The van der Waals surface area contributed by atoms with Gasteiger partial charge in [-0.1, -0.05) is 12.2 Å². The Hall–Kier alpha value is -3.95. The zero-order valence-electron chi connectivity index (χ0n) is 18.2. The molecule has 168 valence electrons. The molecule has 2 aromatic rings. The number of nitrogens with two attached hydrogens (primary N) is 1. The first-order valence-corrected chi connectivity index (χ1v) is 10.2. The number of amides is 3. The summed E-state index contributed by atoms with van der Waals surface area (Å²) < 4.78 is 0. The second-order valence-corrected chi connectivity index (χ2v) is 7.67. The average molecular weight is 438 g/mol. The highest BCUT2D eigenvalue weighted by Crippen LogP contribution is 2.21. The highest BCUT2D eigenvalue weighted by Gasteiger charge is 2.23. The van der Waals surface area contributed by atoms with Crippen LogP contribution in [-0.4, -0.2) is 70.4 Å². The van der Waals surface area contributed by atoms with E-state index in [-0.39, 0.29) is 17.5 Å². The van der Waals surface area contributed by atoms with Gasteiger partial charge in [-0.15, -0.1) is 10.2 Å². The molecule has 10 heteroatoms. The molecule has 1 aliphatic heterocycles. The summed E-state index contributed by atoms with van der Waals surface area (Å²) in [5.41, 5.74) is 8.02. The molecule has 10 nitrogen and oxygen atoms in total. The molecule has 0 radical (unpaired) electrons. The number of piperazine rings is 1. The van der Waals surface area contributed by atoms with Crippen molar-refractivity contribution in [2.45, 2.75) is 13.8 Å². The van der Waals surface area contributed by atoms with Gasteiger partial charge >= 0.3 is 0 Å². The fourth-order valence-electron chi connectivity index (χ4n) is 3.27. The summed E-state index contributed by atoms with van der Waals surface area (Å²) in [5.74, 6) is -0.312. The fourth-order valence-corrected chi connectivity index (χ4v) is 3.27. The normalized spacial score (nSPS) is 13.4. The largest absolute Gasteiger partial charge is 0.379 e. The summed E-state index contributed by atoms with van der Waals surface area (Å²) in [6, 6.07) is 8.64. The summed E-state index contributed by atoms with van der Waals surface area (Å²) >= 11 is 0. The second kappa shape index (κ2) is 9.90. The van der Waals surface area contributed by atoms with E-state index in [0.29, 0.717) is 55.5 Å². The first-order chi connectivity index (χ1) is 15.2. The van der Waals surface area contributed by atoms with Crippen molar-refractivity contribution in [3.63, 3.8) is 0 Å². The van der Waals surface area contributed by atoms with E-state index >= 15 is 0 Å². The molecule has 1 aromatic carbocycles. The van der Waals surface area contributed by atoms with Crippen LogP contribution in [0.2, 0.25) is 0 Å². The number of rotatable bonds is 7. The summed E-state index contributed by atoms with van der Waals surface area (Å²) in [7, 11) is 0. The molecule has 0 spiro atoms. The summed E-state index contributed by atoms with van der Waals surface area (Å²) in [6.07, 6.45) is 0. The van der Waals surface area contributed by atoms with Crippen LogP contribution in [0.1, 0.15) is 34.7 Å². The van der Waals surface area contributed by atoms with Gasteiger partial charge in [0.25, 0.3) is 11.8 Å². The van der Waals surface area contributed by atoms with E-state index in [0.717, 1.165) is 5.57 Å². The predicted octanol–water partition coefficient (Wildman–Crippen LogP) is 1.61. The van der Waals surface area contributed by atoms with Gasteiger partial charge in [0.05, 0.1) is 5.69 Å². The number of carbonyl (C=O) groups is 3. The van der Waals surface area contributed by atoms with Gasteiger partial charge in [-0.3, -0.25) is 14.4 Å². The van der Waals surface area contributed by atoms with Crippen molar-refractivity contribution in [3.8, 4) is 0 Å². The van der Waals surface area contributed by atoms with E-state index in [4.69, 9.17) is 5.73 Å². The van der Waals surface area contributed by atoms with Crippen LogP contribution in [0.3, 0.4) is 0 Å². The second-order valence-electron chi connectivity index (χ2n) is 7.67. The third kappa shape index (κ3) is 5.60. The van der Waals surface area contributed by atoms with E-state index in [9.17, 15) is 14.4 Å². The minimum absolute atomic E-state index is 0.0254. The van der Waals surface area contributed by atoms with Crippen molar-refractivity contribution in [2.24, 2.45) is 5.73 Å². The van der Waals surface area contributed by atoms with Crippen LogP contribution in [-0.2, 0) is 4.79 Å². The Morgan fingerprint density at radius 1 is 1.03 bits per heavy atom. The summed E-state index contributed by atoms with van der Waals surface area (Å²) in [4.78, 5) is 39.3. The number of nitrogens with zero attached hydrogens (tertiary/aromatic N) is 4. The third-order valence-electron chi connectivity index (χ3n) is 5.02. The van der Waals surface area contributed by atoms with Crippen molar-refractivity contribution in [1.82, 2.24) is 20.0 Å². The third-order valence-corrected chi connectivity index (χ3v) is 5.02. The van der Waals surface area contributed by atoms with Gasteiger partial charge in [-0.05, 0) is 31.2 Å². The summed E-state index contributed by atoms with van der Waals surface area (Å²) in [6.45, 7) is 9.80. The Morgan fingerprint density at radius 3 is 2.22 bits per heavy atom. The molecule has 0 atom stereocenters. The van der Waals surface area contributed by atoms with Gasteiger partial charge in [0.15, 0.2) is 11.5 Å². The van der Waals surface area contributed by atoms with E-state index in [1.165, 1.54) is 6.92 Å². The van der Waals surface area contributed by atoms with Crippen LogP contribution >= 0.6 is 0 Å². The van der Waals surface area contributed by atoms with Crippen LogP contribution in [0, 0.1) is 0 Å². The van der Waals surface area contributed by atoms with Crippen molar-refractivity contribution >= 4 is 34.9 Å². The van der Waals surface area contributed by atoms with E-state index in [1.54, 1.807) is 40.1 Å². The maximum atomic E-state index is 12.7. The quantitative estimate of drug-likeness (QED) is 0.560. The van der Waals surface area contributed by atoms with Crippen molar-refractivity contribution < 1.29 is 14.4 Å². The fraction of sp³-hybridized carbons (Fsp3) is 0.318. The average Bonchev–Trinajstić information content (AvgIpc) is 2.77. The Bertz CT molecular complexity index is 1030. The SMILES string of the molecule is C=C(C)CNc1cc(Nc2ccc(C(=O)N3CCN(C(C)=O)CC3)cc2)nnc1C(N)=O. The van der Waals surface area contributed by atoms with E-state index in [1.807, 2.05) is 6.92 Å². The molecule has 0 bridgehead atoms. The van der Waals surface area contributed by atoms with Crippen LogP contribution in [0.25, 0.3) is 0 Å². The smallest absolute Gasteiger partial charge is 0.271 e. The number of benzene rings is 1. The number of hydrogen-bond donors (Lipinski definition) is 3. The molecular weight excluding hydrogens is 410 g/mol. The van der Waals surface area contributed by atoms with E-state index in [2.05, 4.69) is 27.4 Å². The van der Waals surface area contributed by atoms with Crippen LogP contribution < -0.4 is 16.4 Å². The minimum atomic E-state index is -0.680. The van der Waals surface area contributed by atoms with Gasteiger partial charge < -0.3 is 26.2 Å². The van der Waals surface area contributed by atoms with Crippen molar-refractivity contribution in [2.75, 3.05) is 43.4 Å². The highest BCUT2D eigenvalue weighted by molar-refractivity contribution is 5.97. The summed E-state index contributed by atoms with van der Waals surface area (Å²) in [5, 5.41) is 14.1. The van der Waals surface area contributed by atoms with Crippen molar-refractivity contribution in [3.05, 3.63) is 53.7 Å². The monoisotopic (exact) mass is 437 g/mol. The number of nitrogens with one attached hydrogen (secondary N) is 2. The number of primary amides is 1. The van der Waals surface area contributed by atoms with Gasteiger partial charge in [0, 0.05) is 57.0 Å². The maximum absolute atomic E-state index is 12.7. The molecule has 1 aliphatic rings. The first-order valence-electron chi connectivity index (χ1n) is 10.2. The lowest BCUT2D eigenvalue weighted by Crippen LogP contribution is -2.50. The standard InChI is InChI=1S/C22H27N7O3/c1-14(2)13-24-18-12-19(26-27-20(18)21(23)31)25-17-6-4-16(5-7-17)22(32)29-10-8-28(9-11-29)15(3)30/h4-7,12H,1,8-11,13H2,2-3H3,(H2,23,31)(H2,24,25,26). The van der Waals surface area contributed by atoms with Crippen LogP contribution in [0.4, 0.5) is 17.2 Å². The highest BCUT2D eigenvalue weighted by atomic mass is 16.2. The van der Waals surface area contributed by atoms with Crippen molar-refractivity contribution in [1.29, 1.82) is 0 Å². The lowest BCUT2D eigenvalue weighted by atomic mass is 10.1. The number of hydrogen-bond acceptors (Lipinski definition) is 7. The molecule has 3 amide bonds. The lowest BCUT2D eigenvalue weighted by molar-refractivity contribution is -0.130. The molecule has 0 unspecified atom stereocenters. The first kappa shape index (κ1) is 22.7.